The van der Waals surface area contributed by atoms with E-state index in [1.54, 1.807) is 0 Å². The minimum Gasteiger partial charge on any atom is -0.354 e. The molecule has 2 aliphatic rings. The third-order valence-corrected chi connectivity index (χ3v) is 4.41. The number of nitrogens with zero attached hydrogens (tertiary/aromatic N) is 4. The van der Waals surface area contributed by atoms with Crippen molar-refractivity contribution < 1.29 is 0 Å². The maximum absolute atomic E-state index is 6.15. The van der Waals surface area contributed by atoms with Gasteiger partial charge in [0.2, 0.25) is 0 Å². The van der Waals surface area contributed by atoms with E-state index in [-0.39, 0.29) is 0 Å². The second kappa shape index (κ2) is 5.25. The predicted molar refractivity (Wildman–Crippen MR) is 77.9 cm³/mol. The van der Waals surface area contributed by atoms with Crippen molar-refractivity contribution in [3.05, 3.63) is 17.0 Å². The maximum atomic E-state index is 6.15. The van der Waals surface area contributed by atoms with Gasteiger partial charge < -0.3 is 4.90 Å². The van der Waals surface area contributed by atoms with Gasteiger partial charge in [-0.1, -0.05) is 18.5 Å². The predicted octanol–water partition coefficient (Wildman–Crippen LogP) is 2.54. The van der Waals surface area contributed by atoms with Crippen molar-refractivity contribution in [1.82, 2.24) is 14.9 Å². The molecule has 0 bridgehead atoms. The van der Waals surface area contributed by atoms with Gasteiger partial charge in [-0.3, -0.25) is 4.90 Å². The highest BCUT2D eigenvalue weighted by atomic mass is 35.5. The number of rotatable bonds is 3. The summed E-state index contributed by atoms with van der Waals surface area (Å²) in [6.07, 6.45) is 3.58. The highest BCUT2D eigenvalue weighted by Gasteiger charge is 2.29. The summed E-state index contributed by atoms with van der Waals surface area (Å²) in [5.41, 5.74) is 0. The SMILES string of the molecule is CCC1CN(c2cc(Cl)nc(C3CC3)n2)CCN1C. The lowest BCUT2D eigenvalue weighted by Crippen LogP contribution is -2.51. The lowest BCUT2D eigenvalue weighted by Gasteiger charge is -2.39. The Hall–Kier alpha value is -0.870. The van der Waals surface area contributed by atoms with Crippen LogP contribution in [0.2, 0.25) is 5.15 Å². The van der Waals surface area contributed by atoms with Crippen molar-refractivity contribution in [3.8, 4) is 0 Å². The lowest BCUT2D eigenvalue weighted by molar-refractivity contribution is 0.213. The van der Waals surface area contributed by atoms with E-state index in [4.69, 9.17) is 16.6 Å². The average molecular weight is 281 g/mol. The van der Waals surface area contributed by atoms with Crippen LogP contribution in [0.25, 0.3) is 0 Å². The fraction of sp³-hybridized carbons (Fsp3) is 0.714. The minimum atomic E-state index is 0.548. The van der Waals surface area contributed by atoms with E-state index in [2.05, 4.69) is 28.8 Å². The molecule has 104 valence electrons. The summed E-state index contributed by atoms with van der Waals surface area (Å²) in [7, 11) is 2.20. The number of anilines is 1. The molecule has 0 radical (unpaired) electrons. The Morgan fingerprint density at radius 3 is 2.79 bits per heavy atom. The molecule has 0 amide bonds. The van der Waals surface area contributed by atoms with Crippen molar-refractivity contribution in [1.29, 1.82) is 0 Å². The van der Waals surface area contributed by atoms with Crippen LogP contribution >= 0.6 is 11.6 Å². The Balaban J connectivity index is 1.81. The molecule has 1 aromatic heterocycles. The van der Waals surface area contributed by atoms with Crippen molar-refractivity contribution in [3.63, 3.8) is 0 Å². The van der Waals surface area contributed by atoms with Gasteiger partial charge in [0.25, 0.3) is 0 Å². The first kappa shape index (κ1) is 13.1. The molecule has 1 saturated carbocycles. The molecule has 1 saturated heterocycles. The number of hydrogen-bond acceptors (Lipinski definition) is 4. The zero-order chi connectivity index (χ0) is 13.4. The quantitative estimate of drug-likeness (QED) is 0.797. The highest BCUT2D eigenvalue weighted by Crippen LogP contribution is 2.39. The zero-order valence-corrected chi connectivity index (χ0v) is 12.4. The molecule has 0 spiro atoms. The number of halogens is 1. The van der Waals surface area contributed by atoms with Crippen LogP contribution < -0.4 is 4.90 Å². The van der Waals surface area contributed by atoms with E-state index in [0.717, 1.165) is 31.3 Å². The Morgan fingerprint density at radius 1 is 1.32 bits per heavy atom. The molecule has 1 aliphatic heterocycles. The molecule has 3 rings (SSSR count). The monoisotopic (exact) mass is 280 g/mol. The summed E-state index contributed by atoms with van der Waals surface area (Å²) in [6.45, 7) is 5.38. The van der Waals surface area contributed by atoms with Gasteiger partial charge in [-0.05, 0) is 26.3 Å². The van der Waals surface area contributed by atoms with Gasteiger partial charge in [0.1, 0.15) is 16.8 Å². The lowest BCUT2D eigenvalue weighted by atomic mass is 10.1. The average Bonchev–Trinajstić information content (AvgIpc) is 3.23. The van der Waals surface area contributed by atoms with Crippen LogP contribution in [-0.4, -0.2) is 47.6 Å². The summed E-state index contributed by atoms with van der Waals surface area (Å²) in [5.74, 6) is 2.50. The summed E-state index contributed by atoms with van der Waals surface area (Å²) >= 11 is 6.15. The van der Waals surface area contributed by atoms with Gasteiger partial charge in [0, 0.05) is 37.7 Å². The fourth-order valence-electron chi connectivity index (χ4n) is 2.70. The third kappa shape index (κ3) is 2.84. The van der Waals surface area contributed by atoms with Crippen molar-refractivity contribution in [2.24, 2.45) is 0 Å². The molecular weight excluding hydrogens is 260 g/mol. The van der Waals surface area contributed by atoms with Crippen LogP contribution in [0.4, 0.5) is 5.82 Å². The summed E-state index contributed by atoms with van der Waals surface area (Å²) in [5, 5.41) is 0.582. The fourth-order valence-corrected chi connectivity index (χ4v) is 2.89. The van der Waals surface area contributed by atoms with E-state index >= 15 is 0 Å². The molecule has 2 heterocycles. The number of aromatic nitrogens is 2. The Morgan fingerprint density at radius 2 is 2.11 bits per heavy atom. The largest absolute Gasteiger partial charge is 0.354 e. The van der Waals surface area contributed by atoms with Crippen molar-refractivity contribution >= 4 is 17.4 Å². The van der Waals surface area contributed by atoms with Gasteiger partial charge in [0.15, 0.2) is 0 Å². The molecule has 1 aromatic rings. The smallest absolute Gasteiger partial charge is 0.135 e. The molecule has 1 aliphatic carbocycles. The van der Waals surface area contributed by atoms with Crippen LogP contribution in [0.3, 0.4) is 0 Å². The van der Waals surface area contributed by atoms with Gasteiger partial charge in [-0.2, -0.15) is 0 Å². The standard InChI is InChI=1S/C14H21ClN4/c1-3-11-9-19(7-6-18(11)2)13-8-12(15)16-14(17-13)10-4-5-10/h8,10-11H,3-7,9H2,1-2H3. The minimum absolute atomic E-state index is 0.548. The van der Waals surface area contributed by atoms with Crippen molar-refractivity contribution in [2.75, 3.05) is 31.6 Å². The molecule has 5 heteroatoms. The van der Waals surface area contributed by atoms with Gasteiger partial charge in [0.05, 0.1) is 0 Å². The molecule has 4 nitrogen and oxygen atoms in total. The van der Waals surface area contributed by atoms with E-state index in [1.807, 2.05) is 6.07 Å². The first-order chi connectivity index (χ1) is 9.17. The third-order valence-electron chi connectivity index (χ3n) is 4.21. The van der Waals surface area contributed by atoms with Crippen LogP contribution in [-0.2, 0) is 0 Å². The molecule has 1 unspecified atom stereocenters. The number of piperazine rings is 1. The van der Waals surface area contributed by atoms with Gasteiger partial charge in [-0.15, -0.1) is 0 Å². The van der Waals surface area contributed by atoms with Crippen LogP contribution in [0.5, 0.6) is 0 Å². The normalized spacial score (nSPS) is 24.8. The molecule has 0 N–H and O–H groups in total. The zero-order valence-electron chi connectivity index (χ0n) is 11.6. The second-order valence-electron chi connectivity index (χ2n) is 5.67. The summed E-state index contributed by atoms with van der Waals surface area (Å²) in [4.78, 5) is 13.9. The highest BCUT2D eigenvalue weighted by molar-refractivity contribution is 6.29. The molecule has 0 aromatic carbocycles. The van der Waals surface area contributed by atoms with Gasteiger partial charge >= 0.3 is 0 Å². The number of hydrogen-bond donors (Lipinski definition) is 0. The van der Waals surface area contributed by atoms with E-state index in [1.165, 1.54) is 19.3 Å². The number of likely N-dealkylation sites (N-methyl/N-ethyl adjacent to an activating group) is 1. The molecule has 1 atom stereocenters. The van der Waals surface area contributed by atoms with Crippen LogP contribution in [0, 0.1) is 0 Å². The van der Waals surface area contributed by atoms with Crippen molar-refractivity contribution in [2.45, 2.75) is 38.1 Å². The molecule has 19 heavy (non-hydrogen) atoms. The Bertz CT molecular complexity index is 461. The van der Waals surface area contributed by atoms with Gasteiger partial charge in [-0.25, -0.2) is 9.97 Å². The van der Waals surface area contributed by atoms with E-state index in [0.29, 0.717) is 17.1 Å². The molecule has 2 fully saturated rings. The van der Waals surface area contributed by atoms with E-state index < -0.39 is 0 Å². The second-order valence-corrected chi connectivity index (χ2v) is 6.06. The first-order valence-electron chi connectivity index (χ1n) is 7.17. The first-order valence-corrected chi connectivity index (χ1v) is 7.55. The molecular formula is C14H21ClN4. The van der Waals surface area contributed by atoms with E-state index in [9.17, 15) is 0 Å². The maximum Gasteiger partial charge on any atom is 0.135 e. The van der Waals surface area contributed by atoms with Crippen LogP contribution in [0.15, 0.2) is 6.07 Å². The topological polar surface area (TPSA) is 32.3 Å². The Kier molecular flexibility index (Phi) is 3.63. The summed E-state index contributed by atoms with van der Waals surface area (Å²) < 4.78 is 0. The van der Waals surface area contributed by atoms with Crippen LogP contribution in [0.1, 0.15) is 37.9 Å². The Labute approximate surface area is 119 Å². The summed E-state index contributed by atoms with van der Waals surface area (Å²) in [6, 6.07) is 2.51.